The molecule has 703 valence electrons. The number of carbonyl (C=O) groups is 12. The highest BCUT2D eigenvalue weighted by Gasteiger charge is 2.41. The van der Waals surface area contributed by atoms with E-state index in [1.54, 1.807) is 91.5 Å². The van der Waals surface area contributed by atoms with E-state index in [0.29, 0.717) is 64.8 Å². The first-order valence-electron chi connectivity index (χ1n) is 40.2. The van der Waals surface area contributed by atoms with Crippen LogP contribution in [0.4, 0.5) is 27.6 Å². The van der Waals surface area contributed by atoms with Crippen molar-refractivity contribution in [2.24, 2.45) is 5.73 Å². The smallest absolute Gasteiger partial charge is 0.481 e. The number of amides is 7. The van der Waals surface area contributed by atoms with Crippen LogP contribution in [0.5, 0.6) is 0 Å². The van der Waals surface area contributed by atoms with Crippen molar-refractivity contribution in [3.8, 4) is 18.2 Å². The number of rotatable bonds is 19. The number of aliphatic carboxylic acids is 3. The molecule has 0 bridgehead atoms. The number of ether oxygens (including phenoxy) is 5. The van der Waals surface area contributed by atoms with Gasteiger partial charge in [0, 0.05) is 62.1 Å². The first kappa shape index (κ1) is 116. The average molecular weight is 1860 g/mol. The van der Waals surface area contributed by atoms with Gasteiger partial charge in [-0.1, -0.05) is 117 Å². The molecular formula is C87H120BCl3F3N14O20. The number of nitrogens with one attached hydrogen (secondary N) is 5. The van der Waals surface area contributed by atoms with Crippen LogP contribution in [0, 0.1) is 40.6 Å². The van der Waals surface area contributed by atoms with Gasteiger partial charge in [-0.25, -0.2) is 35.9 Å². The number of nitrogens with two attached hydrogens (primary N) is 1. The molecule has 6 aliphatic heterocycles. The molecule has 3 radical (unpaired) electrons. The third kappa shape index (κ3) is 46.3. The molecule has 4 unspecified atom stereocenters. The fraction of sp³-hybridized carbons (Fsp3) is 0.540. The van der Waals surface area contributed by atoms with Gasteiger partial charge in [-0.2, -0.15) is 29.0 Å². The van der Waals surface area contributed by atoms with Gasteiger partial charge >= 0.3 is 54.3 Å². The Hall–Kier alpha value is -11.5. The van der Waals surface area contributed by atoms with Gasteiger partial charge in [-0.15, -0.1) is 35.6 Å². The van der Waals surface area contributed by atoms with E-state index in [-0.39, 0.29) is 79.0 Å². The molecule has 0 spiro atoms. The van der Waals surface area contributed by atoms with E-state index in [2.05, 4.69) is 73.9 Å². The Labute approximate surface area is 764 Å². The van der Waals surface area contributed by atoms with Gasteiger partial charge < -0.3 is 85.6 Å². The number of carbonyl (C=O) groups excluding carboxylic acids is 9. The molecule has 0 saturated carbocycles. The summed E-state index contributed by atoms with van der Waals surface area (Å²) in [4.78, 5) is 150. The van der Waals surface area contributed by atoms with Gasteiger partial charge in [-0.3, -0.25) is 38.4 Å². The van der Waals surface area contributed by atoms with E-state index in [0.717, 1.165) is 55.6 Å². The molecule has 10 rings (SSSR count). The molecule has 34 nitrogen and oxygen atoms in total. The van der Waals surface area contributed by atoms with Crippen molar-refractivity contribution in [3.63, 3.8) is 0 Å². The lowest BCUT2D eigenvalue weighted by atomic mass is 9.99. The molecule has 10 N–H and O–H groups in total. The Morgan fingerprint density at radius 3 is 1.27 bits per heavy atom. The molecule has 41 heteroatoms. The fourth-order valence-electron chi connectivity index (χ4n) is 12.5. The van der Waals surface area contributed by atoms with Crippen molar-refractivity contribution in [2.75, 3.05) is 44.6 Å². The zero-order chi connectivity index (χ0) is 93.6. The van der Waals surface area contributed by atoms with Crippen molar-refractivity contribution in [3.05, 3.63) is 154 Å². The topological polar surface area (TPSA) is 487 Å². The highest BCUT2D eigenvalue weighted by molar-refractivity contribution is 6.40. The molecule has 4 fully saturated rings. The number of benzene rings is 4. The van der Waals surface area contributed by atoms with Gasteiger partial charge in [0.15, 0.2) is 0 Å². The summed E-state index contributed by atoms with van der Waals surface area (Å²) >= 11 is 9.53. The quantitative estimate of drug-likeness (QED) is 0.0138. The first-order chi connectivity index (χ1) is 58.9. The van der Waals surface area contributed by atoms with Crippen LogP contribution in [0.2, 0.25) is 0 Å². The van der Waals surface area contributed by atoms with E-state index < -0.39 is 138 Å². The SMILES string of the molecule is C.CC(C)(C)OC(=O)NC(CC(=O)O)C(=O)N1CCC[C@H]1C#N.CC(C)(C)OC(=O)NC(CC(=O)OCc1ccccc1)C(=O)N1CCC[C@H]1C#N.CC(C)(C)OC(=O)NC(CC(=O)OCc1ccccc1)C(=O)O.Cl.ClCCl.N#C[C@@H]1CCCN1C(=O)C(N)CC(=O)N1CCc2ccccc2C1.O=C(O)C(F)(F)F.[2HH].[B].[C-]#[N+][C@@H]1CCCN1.c1ccc2c(c1)CCNC2. The summed E-state index contributed by atoms with van der Waals surface area (Å²) in [6, 6.07) is 34.8. The molecule has 128 heavy (non-hydrogen) atoms. The molecular weight excluding hydrogens is 1740 g/mol. The molecule has 4 aromatic rings. The van der Waals surface area contributed by atoms with E-state index in [4.69, 9.17) is 89.8 Å². The summed E-state index contributed by atoms with van der Waals surface area (Å²) in [5.74, 6) is -8.12. The summed E-state index contributed by atoms with van der Waals surface area (Å²) in [5, 5.41) is 65.9. The van der Waals surface area contributed by atoms with Crippen LogP contribution in [0.25, 0.3) is 4.85 Å². The molecule has 0 aliphatic carbocycles. The normalized spacial score (nSPS) is 17.0. The first-order valence-corrected chi connectivity index (χ1v) is 41.3. The zero-order valence-corrected chi connectivity index (χ0v) is 74.8. The minimum Gasteiger partial charge on any atom is -0.481 e. The number of alkyl halides is 5. The lowest BCUT2D eigenvalue weighted by Gasteiger charge is -2.30. The maximum absolute atomic E-state index is 12.9. The van der Waals surface area contributed by atoms with E-state index in [1.165, 1.54) is 44.2 Å². The summed E-state index contributed by atoms with van der Waals surface area (Å²) in [6.07, 6.45) is -0.685. The molecule has 6 heterocycles. The van der Waals surface area contributed by atoms with Crippen molar-refractivity contribution in [1.82, 2.24) is 46.2 Å². The summed E-state index contributed by atoms with van der Waals surface area (Å²) in [7, 11) is 0. The van der Waals surface area contributed by atoms with Crippen LogP contribution in [0.15, 0.2) is 109 Å². The Kier molecular flexibility index (Phi) is 54.2. The number of hydrogen-bond acceptors (Lipinski definition) is 23. The zero-order valence-electron chi connectivity index (χ0n) is 72.5. The monoisotopic (exact) mass is 1850 g/mol. The van der Waals surface area contributed by atoms with Gasteiger partial charge in [0.05, 0.1) is 55.3 Å². The summed E-state index contributed by atoms with van der Waals surface area (Å²) in [6.45, 7) is 27.5. The fourth-order valence-corrected chi connectivity index (χ4v) is 12.5. The highest BCUT2D eigenvalue weighted by atomic mass is 35.5. The predicted octanol–water partition coefficient (Wildman–Crippen LogP) is 11.2. The van der Waals surface area contributed by atoms with Crippen LogP contribution in [-0.4, -0.2) is 231 Å². The largest absolute Gasteiger partial charge is 0.490 e. The Balaban J connectivity index is 0. The molecule has 4 saturated heterocycles. The minimum absolute atomic E-state index is 0. The number of fused-ring (bicyclic) bond motifs is 2. The van der Waals surface area contributed by atoms with Crippen LogP contribution in [0.3, 0.4) is 0 Å². The number of carboxylic acid groups (broad SMARTS) is 3. The third-order valence-corrected chi connectivity index (χ3v) is 18.3. The summed E-state index contributed by atoms with van der Waals surface area (Å²) in [5.41, 5.74) is 10.7. The van der Waals surface area contributed by atoms with Crippen molar-refractivity contribution >= 4 is 116 Å². The number of carboxylic acids is 3. The lowest BCUT2D eigenvalue weighted by molar-refractivity contribution is -0.192. The molecule has 8 atom stereocenters. The number of esters is 2. The standard InChI is InChI=1S/C21H27N3O5.C18H22N4O2.C16H21NO6.C14H21N3O5.C9H11N.C5H8N2.C2HF3O2.CH2Cl2.CH4.B.ClH.H2/c1-21(2,3)29-20(27)23-17(19(26)24-11-7-10-16(24)13-22)12-18(25)28-14-15-8-5-4-6-9-15;19-11-15-6-3-8-22(15)18(24)16(20)10-17(23)21-9-7-13-4-1-2-5-14(13)12-21;1-16(2,3)23-15(21)17-12(14(19)20)9-13(18)22-10-11-7-5-4-6-8-11;1-14(2,3)22-13(21)16-10(7-11(18)19)12(20)17-6-4-5-9(17)8-15;1-2-4-9-7-10-6-5-8(9)3-1;1-6-5-3-2-4-7-5;3-2(4,5)1(6)7;2-1-3;;;;/h4-6,8-9,16-17H,7,10-12,14H2,1-3H3,(H,23,27);1-2,4-5,15-16H,3,6-10,12,20H2;4-8,12H,9-10H2,1-3H3,(H,17,21)(H,19,20);9-10H,4-7H2,1-3H3,(H,16,21)(H,18,19);1-4,10H,5-7H2;5,7H,2-4H2;(H,6,7);1H2;1H4;;2*1H/t16-,17?;15-,16?;;9-,10?;;5-;;;;;;/m00.0.0....../s1/i;;;;;;;;;;;1+1. The van der Waals surface area contributed by atoms with Crippen LogP contribution < -0.4 is 32.3 Å². The highest BCUT2D eigenvalue weighted by Crippen LogP contribution is 2.25. The number of nitriles is 3. The maximum Gasteiger partial charge on any atom is 0.490 e. The van der Waals surface area contributed by atoms with Gasteiger partial charge in [0.25, 0.3) is 6.17 Å². The molecule has 7 amide bonds. The van der Waals surface area contributed by atoms with Crippen LogP contribution in [0.1, 0.15) is 182 Å². The van der Waals surface area contributed by atoms with Crippen molar-refractivity contribution < 1.29 is 111 Å². The number of likely N-dealkylation sites (tertiary alicyclic amines) is 3. The van der Waals surface area contributed by atoms with E-state index in [1.807, 2.05) is 60.7 Å². The second-order valence-electron chi connectivity index (χ2n) is 31.7. The van der Waals surface area contributed by atoms with Gasteiger partial charge in [0.2, 0.25) is 23.6 Å². The van der Waals surface area contributed by atoms with Crippen molar-refractivity contribution in [2.45, 2.75) is 257 Å². The van der Waals surface area contributed by atoms with Gasteiger partial charge in [0.1, 0.15) is 66.3 Å². The van der Waals surface area contributed by atoms with Gasteiger partial charge in [-0.05, 0) is 160 Å². The molecule has 6 aliphatic rings. The number of halogens is 6. The summed E-state index contributed by atoms with van der Waals surface area (Å²) < 4.78 is 57.2. The number of alkyl carbamates (subject to hydrolysis) is 3. The second kappa shape index (κ2) is 59.5. The Bertz CT molecular complexity index is 4350. The molecule has 4 aromatic carbocycles. The Morgan fingerprint density at radius 1 is 0.547 bits per heavy atom. The second-order valence-corrected chi connectivity index (χ2v) is 32.5. The maximum atomic E-state index is 12.9. The van der Waals surface area contributed by atoms with Crippen LogP contribution in [-0.2, 0) is 106 Å². The van der Waals surface area contributed by atoms with Crippen molar-refractivity contribution in [1.29, 1.82) is 15.8 Å². The van der Waals surface area contributed by atoms with E-state index in [9.17, 15) is 71.2 Å². The minimum atomic E-state index is -5.08. The Morgan fingerprint density at radius 2 is 0.914 bits per heavy atom. The third-order valence-electron chi connectivity index (χ3n) is 18.3. The van der Waals surface area contributed by atoms with Crippen LogP contribution >= 0.6 is 35.6 Å². The number of hydrogen-bond donors (Lipinski definition) is 9. The molecule has 0 aromatic heterocycles. The predicted molar refractivity (Wildman–Crippen MR) is 472 cm³/mol. The number of nitrogens with zero attached hydrogens (tertiary/aromatic N) is 8. The average Bonchev–Trinajstić information content (AvgIpc) is 1.83. The van der Waals surface area contributed by atoms with E-state index >= 15 is 0 Å². The lowest BCUT2D eigenvalue weighted by Crippen LogP contribution is -2.51.